The molecule has 0 saturated heterocycles. The Morgan fingerprint density at radius 3 is 1.94 bits per heavy atom. The van der Waals surface area contributed by atoms with E-state index in [-0.39, 0.29) is 43.8 Å². The van der Waals surface area contributed by atoms with Crippen LogP contribution >= 0.6 is 0 Å². The third-order valence-corrected chi connectivity index (χ3v) is 2.67. The van der Waals surface area contributed by atoms with Gasteiger partial charge in [0.25, 0.3) is 10.1 Å². The molecule has 1 N–H and O–H groups in total. The van der Waals surface area contributed by atoms with Gasteiger partial charge in [0.05, 0.1) is 20.0 Å². The molecule has 9 heteroatoms. The van der Waals surface area contributed by atoms with Crippen molar-refractivity contribution in [1.82, 2.24) is 0 Å². The average Bonchev–Trinajstić information content (AvgIpc) is 2.21. The summed E-state index contributed by atoms with van der Waals surface area (Å²) in [6.45, 7) is 0. The molecule has 0 amide bonds. The zero-order valence-corrected chi connectivity index (χ0v) is 12.8. The number of hydrogen-bond donors (Lipinski definition) is 1. The molecule has 0 aliphatic carbocycles. The summed E-state index contributed by atoms with van der Waals surface area (Å²) < 4.78 is 38.0. The molecular weight excluding hydrogens is 263 g/mol. The number of hydrogen-bond acceptors (Lipinski definition) is 6. The predicted octanol–water partition coefficient (Wildman–Crippen LogP) is -3.27. The fourth-order valence-corrected chi connectivity index (χ4v) is 1.62. The second-order valence-electron chi connectivity index (χ2n) is 3.03. The van der Waals surface area contributed by atoms with Crippen LogP contribution in [0.4, 0.5) is 0 Å². The molecule has 0 fully saturated rings. The number of carbonyl (C=O) groups excluding carboxylic acids is 2. The van der Waals surface area contributed by atoms with E-state index in [0.29, 0.717) is 0 Å². The number of ether oxygens (including phenoxy) is 2. The van der Waals surface area contributed by atoms with Crippen molar-refractivity contribution in [2.75, 3.05) is 20.0 Å². The molecule has 0 aromatic heterocycles. The van der Waals surface area contributed by atoms with E-state index < -0.39 is 33.7 Å². The Hall–Kier alpha value is -0.150. The van der Waals surface area contributed by atoms with Crippen molar-refractivity contribution in [1.29, 1.82) is 0 Å². The molecule has 0 radical (unpaired) electrons. The van der Waals surface area contributed by atoms with Gasteiger partial charge in [-0.3, -0.25) is 14.1 Å². The molecule has 96 valence electrons. The minimum atomic E-state index is -4.09. The molecule has 7 nitrogen and oxygen atoms in total. The SMILES string of the molecule is COC(=O)C(CCCS(=O)(=O)O)C(=O)OC.[H-].[Na+]. The van der Waals surface area contributed by atoms with E-state index in [4.69, 9.17) is 4.55 Å². The third-order valence-electron chi connectivity index (χ3n) is 1.87. The number of esters is 2. The minimum absolute atomic E-state index is 0. The summed E-state index contributed by atoms with van der Waals surface area (Å²) in [5, 5.41) is 0. The van der Waals surface area contributed by atoms with Gasteiger partial charge in [-0.25, -0.2) is 0 Å². The number of methoxy groups -OCH3 is 2. The van der Waals surface area contributed by atoms with E-state index in [1.54, 1.807) is 0 Å². The van der Waals surface area contributed by atoms with Crippen LogP contribution in [0.15, 0.2) is 0 Å². The van der Waals surface area contributed by atoms with E-state index in [9.17, 15) is 18.0 Å². The molecule has 0 atom stereocenters. The van der Waals surface area contributed by atoms with Crippen LogP contribution in [0.1, 0.15) is 14.3 Å². The number of carbonyl (C=O) groups is 2. The van der Waals surface area contributed by atoms with Crippen molar-refractivity contribution in [2.24, 2.45) is 5.92 Å². The Balaban J connectivity index is -0.00000112. The fourth-order valence-electron chi connectivity index (χ4n) is 1.09. The van der Waals surface area contributed by atoms with Gasteiger partial charge in [-0.15, -0.1) is 0 Å². The van der Waals surface area contributed by atoms with Crippen molar-refractivity contribution < 1.29 is 63.0 Å². The van der Waals surface area contributed by atoms with Crippen molar-refractivity contribution in [2.45, 2.75) is 12.8 Å². The van der Waals surface area contributed by atoms with Gasteiger partial charge in [0, 0.05) is 0 Å². The quantitative estimate of drug-likeness (QED) is 0.235. The normalized spacial score (nSPS) is 10.6. The zero-order chi connectivity index (χ0) is 12.8. The maximum atomic E-state index is 11.1. The molecule has 0 aromatic rings. The molecule has 0 aromatic carbocycles. The summed E-state index contributed by atoms with van der Waals surface area (Å²) in [4.78, 5) is 22.3. The molecule has 0 spiro atoms. The van der Waals surface area contributed by atoms with Crippen molar-refractivity contribution in [3.63, 3.8) is 0 Å². The summed E-state index contributed by atoms with van der Waals surface area (Å²) in [5.74, 6) is -3.25. The van der Waals surface area contributed by atoms with Gasteiger partial charge in [0.2, 0.25) is 0 Å². The van der Waals surface area contributed by atoms with E-state index in [1.807, 2.05) is 0 Å². The van der Waals surface area contributed by atoms with Gasteiger partial charge in [-0.2, -0.15) is 8.42 Å². The van der Waals surface area contributed by atoms with Gasteiger partial charge in [-0.1, -0.05) is 0 Å². The predicted molar refractivity (Wildman–Crippen MR) is 54.3 cm³/mol. The van der Waals surface area contributed by atoms with Crippen LogP contribution in [0.25, 0.3) is 0 Å². The van der Waals surface area contributed by atoms with Crippen molar-refractivity contribution in [3.8, 4) is 0 Å². The maximum Gasteiger partial charge on any atom is 1.00 e. The van der Waals surface area contributed by atoms with Crippen LogP contribution in [-0.2, 0) is 29.2 Å². The Morgan fingerprint density at radius 2 is 1.65 bits per heavy atom. The molecule has 0 saturated carbocycles. The first-order valence-electron chi connectivity index (χ1n) is 4.42. The van der Waals surface area contributed by atoms with Crippen molar-refractivity contribution in [3.05, 3.63) is 0 Å². The van der Waals surface area contributed by atoms with Crippen molar-refractivity contribution >= 4 is 22.1 Å². The van der Waals surface area contributed by atoms with Crippen LogP contribution in [0.5, 0.6) is 0 Å². The van der Waals surface area contributed by atoms with E-state index in [2.05, 4.69) is 9.47 Å². The fraction of sp³-hybridized carbons (Fsp3) is 0.750. The Labute approximate surface area is 123 Å². The Kier molecular flexibility index (Phi) is 10.0. The average molecular weight is 278 g/mol. The standard InChI is InChI=1S/C8H14O7S.Na.H/c1-14-7(9)6(8(10)15-2)4-3-5-16(11,12)13;;/h6H,3-5H2,1-2H3,(H,11,12,13);;/q;+1;-1. The van der Waals surface area contributed by atoms with Crippen LogP contribution in [0.2, 0.25) is 0 Å². The van der Waals surface area contributed by atoms with Crippen LogP contribution in [-0.4, -0.2) is 44.9 Å². The molecule has 0 bridgehead atoms. The van der Waals surface area contributed by atoms with Crippen LogP contribution in [0, 0.1) is 5.92 Å². The zero-order valence-electron chi connectivity index (χ0n) is 11.0. The first kappa shape index (κ1) is 19.2. The van der Waals surface area contributed by atoms with E-state index in [1.165, 1.54) is 0 Å². The Bertz CT molecular complexity index is 340. The van der Waals surface area contributed by atoms with E-state index >= 15 is 0 Å². The summed E-state index contributed by atoms with van der Waals surface area (Å²) in [7, 11) is -1.86. The van der Waals surface area contributed by atoms with E-state index in [0.717, 1.165) is 14.2 Å². The molecule has 0 aliphatic heterocycles. The molecule has 0 aliphatic rings. The first-order chi connectivity index (χ1) is 7.31. The molecule has 0 rings (SSSR count). The summed E-state index contributed by atoms with van der Waals surface area (Å²) in [6, 6.07) is 0. The third kappa shape index (κ3) is 8.56. The largest absolute Gasteiger partial charge is 1.00 e. The number of rotatable bonds is 6. The Morgan fingerprint density at radius 1 is 1.24 bits per heavy atom. The molecule has 0 heterocycles. The smallest absolute Gasteiger partial charge is 1.00 e. The topological polar surface area (TPSA) is 107 Å². The van der Waals surface area contributed by atoms with Crippen LogP contribution < -0.4 is 29.6 Å². The first-order valence-corrected chi connectivity index (χ1v) is 6.03. The second-order valence-corrected chi connectivity index (χ2v) is 4.60. The second kappa shape index (κ2) is 8.87. The molecule has 17 heavy (non-hydrogen) atoms. The molecular formula is C8H15NaO7S. The van der Waals surface area contributed by atoms with Gasteiger partial charge >= 0.3 is 41.5 Å². The summed E-state index contributed by atoms with van der Waals surface area (Å²) in [6.07, 6.45) is -0.0904. The maximum absolute atomic E-state index is 11.1. The molecule has 0 unspecified atom stereocenters. The van der Waals surface area contributed by atoms with Gasteiger partial charge < -0.3 is 10.9 Å². The monoisotopic (exact) mass is 278 g/mol. The minimum Gasteiger partial charge on any atom is -1.00 e. The summed E-state index contributed by atoms with van der Waals surface area (Å²) >= 11 is 0. The summed E-state index contributed by atoms with van der Waals surface area (Å²) in [5.41, 5.74) is 0. The van der Waals surface area contributed by atoms with Gasteiger partial charge in [0.1, 0.15) is 0 Å². The van der Waals surface area contributed by atoms with Gasteiger partial charge in [-0.05, 0) is 12.8 Å². The van der Waals surface area contributed by atoms with Crippen LogP contribution in [0.3, 0.4) is 0 Å². The van der Waals surface area contributed by atoms with Gasteiger partial charge in [0.15, 0.2) is 5.92 Å².